The van der Waals surface area contributed by atoms with Crippen molar-refractivity contribution >= 4 is 23.6 Å². The summed E-state index contributed by atoms with van der Waals surface area (Å²) in [4.78, 5) is 24.0. The van der Waals surface area contributed by atoms with Crippen molar-refractivity contribution in [1.82, 2.24) is 0 Å². The van der Waals surface area contributed by atoms with Crippen molar-refractivity contribution in [2.45, 2.75) is 51.4 Å². The Bertz CT molecular complexity index is 884. The minimum absolute atomic E-state index is 0.123. The summed E-state index contributed by atoms with van der Waals surface area (Å²) < 4.78 is 0. The number of hydrogen-bond donors (Lipinski definition) is 4. The predicted molar refractivity (Wildman–Crippen MR) is 135 cm³/mol. The highest BCUT2D eigenvalue weighted by atomic mass is 16.2. The third kappa shape index (κ3) is 6.21. The van der Waals surface area contributed by atoms with Crippen LogP contribution in [0.2, 0.25) is 0 Å². The second-order valence-electron chi connectivity index (χ2n) is 9.44. The van der Waals surface area contributed by atoms with Crippen molar-refractivity contribution in [2.75, 3.05) is 30.8 Å². The second-order valence-corrected chi connectivity index (χ2v) is 9.44. The standard InChI is InChI=1S/C18H24N2O2.C9H14N2/c19-12-5-14-1-3-15(4-2-14)20-16(22)18-9-6-17(13-21,7-10-18)8-11-18;1-11-9-4-2-8(3-5-9)6-7-10/h1-4,13H,5-12,19H2,(H,20,22);2-5,11H,6-7,10H2,1H3. The maximum absolute atomic E-state index is 12.7. The second kappa shape index (κ2) is 11.4. The van der Waals surface area contributed by atoms with Crippen LogP contribution in [0.15, 0.2) is 48.5 Å². The first kappa shape index (κ1) is 24.9. The largest absolute Gasteiger partial charge is 0.388 e. The number of fused-ring (bicyclic) bond motifs is 3. The van der Waals surface area contributed by atoms with Gasteiger partial charge in [0.2, 0.25) is 5.91 Å². The quantitative estimate of drug-likeness (QED) is 0.456. The van der Waals surface area contributed by atoms with E-state index < -0.39 is 0 Å². The average molecular weight is 451 g/mol. The molecule has 0 atom stereocenters. The van der Waals surface area contributed by atoms with Gasteiger partial charge < -0.3 is 26.9 Å². The Hall–Kier alpha value is -2.70. The van der Waals surface area contributed by atoms with E-state index >= 15 is 0 Å². The molecule has 6 heteroatoms. The van der Waals surface area contributed by atoms with Gasteiger partial charge >= 0.3 is 0 Å². The number of aldehydes is 1. The molecule has 3 aliphatic carbocycles. The van der Waals surface area contributed by atoms with Crippen LogP contribution in [0, 0.1) is 10.8 Å². The fourth-order valence-electron chi connectivity index (χ4n) is 4.92. The number of benzene rings is 2. The monoisotopic (exact) mass is 450 g/mol. The molecular weight excluding hydrogens is 412 g/mol. The van der Waals surface area contributed by atoms with Crippen molar-refractivity contribution in [3.63, 3.8) is 0 Å². The van der Waals surface area contributed by atoms with Crippen LogP contribution in [0.3, 0.4) is 0 Å². The van der Waals surface area contributed by atoms with Crippen LogP contribution < -0.4 is 22.1 Å². The van der Waals surface area contributed by atoms with E-state index in [-0.39, 0.29) is 16.7 Å². The zero-order chi connectivity index (χ0) is 23.7. The molecule has 0 heterocycles. The molecular formula is C27H38N4O2. The van der Waals surface area contributed by atoms with Gasteiger partial charge in [0.05, 0.1) is 0 Å². The molecule has 178 valence electrons. The Labute approximate surface area is 197 Å². The molecule has 6 N–H and O–H groups in total. The zero-order valence-corrected chi connectivity index (χ0v) is 19.7. The van der Waals surface area contributed by atoms with Crippen molar-refractivity contribution in [3.05, 3.63) is 59.7 Å². The average Bonchev–Trinajstić information content (AvgIpc) is 2.87. The van der Waals surface area contributed by atoms with Gasteiger partial charge in [-0.05, 0) is 99.8 Å². The number of nitrogens with one attached hydrogen (secondary N) is 2. The molecule has 0 unspecified atom stereocenters. The summed E-state index contributed by atoms with van der Waals surface area (Å²) in [6, 6.07) is 16.2. The molecule has 3 aliphatic rings. The summed E-state index contributed by atoms with van der Waals surface area (Å²) in [5, 5.41) is 6.13. The van der Waals surface area contributed by atoms with Gasteiger partial charge in [-0.3, -0.25) is 4.79 Å². The van der Waals surface area contributed by atoms with Crippen LogP contribution in [0.1, 0.15) is 49.7 Å². The fourth-order valence-corrected chi connectivity index (χ4v) is 4.92. The molecule has 6 nitrogen and oxygen atoms in total. The summed E-state index contributed by atoms with van der Waals surface area (Å²) >= 11 is 0. The Morgan fingerprint density at radius 3 is 1.67 bits per heavy atom. The van der Waals surface area contributed by atoms with Crippen LogP contribution >= 0.6 is 0 Å². The number of carbonyl (C=O) groups is 2. The first-order valence-corrected chi connectivity index (χ1v) is 12.0. The first-order valence-electron chi connectivity index (χ1n) is 12.0. The van der Waals surface area contributed by atoms with Crippen molar-refractivity contribution in [1.29, 1.82) is 0 Å². The number of carbonyl (C=O) groups excluding carboxylic acids is 2. The first-order chi connectivity index (χ1) is 16.0. The minimum Gasteiger partial charge on any atom is -0.388 e. The summed E-state index contributed by atoms with van der Waals surface area (Å²) in [7, 11) is 1.91. The molecule has 0 aromatic heterocycles. The molecule has 5 rings (SSSR count). The van der Waals surface area contributed by atoms with Crippen LogP contribution in [-0.2, 0) is 22.4 Å². The van der Waals surface area contributed by atoms with Crippen molar-refractivity contribution in [3.8, 4) is 0 Å². The summed E-state index contributed by atoms with van der Waals surface area (Å²) in [6.45, 7) is 1.35. The van der Waals surface area contributed by atoms with Crippen LogP contribution in [0.25, 0.3) is 0 Å². The topological polar surface area (TPSA) is 110 Å². The normalized spacial score (nSPS) is 23.2. The third-order valence-electron chi connectivity index (χ3n) is 7.36. The van der Waals surface area contributed by atoms with Gasteiger partial charge in [-0.2, -0.15) is 0 Å². The van der Waals surface area contributed by atoms with Gasteiger partial charge in [-0.15, -0.1) is 0 Å². The predicted octanol–water partition coefficient (Wildman–Crippen LogP) is 3.90. The van der Waals surface area contributed by atoms with Gasteiger partial charge in [0.25, 0.3) is 0 Å². The van der Waals surface area contributed by atoms with Crippen LogP contribution in [0.5, 0.6) is 0 Å². The molecule has 0 spiro atoms. The smallest absolute Gasteiger partial charge is 0.230 e. The number of nitrogens with two attached hydrogens (primary N) is 2. The number of hydrogen-bond acceptors (Lipinski definition) is 5. The zero-order valence-electron chi connectivity index (χ0n) is 19.7. The van der Waals surface area contributed by atoms with Crippen LogP contribution in [0.4, 0.5) is 11.4 Å². The lowest BCUT2D eigenvalue weighted by Gasteiger charge is -2.49. The molecule has 2 bridgehead atoms. The van der Waals surface area contributed by atoms with Gasteiger partial charge in [0.15, 0.2) is 0 Å². The number of rotatable bonds is 8. The minimum atomic E-state index is -0.263. The maximum atomic E-state index is 12.7. The van der Waals surface area contributed by atoms with E-state index in [1.165, 1.54) is 11.1 Å². The lowest BCUT2D eigenvalue weighted by Crippen LogP contribution is -2.48. The third-order valence-corrected chi connectivity index (χ3v) is 7.36. The van der Waals surface area contributed by atoms with Crippen LogP contribution in [-0.4, -0.2) is 32.3 Å². The molecule has 3 saturated carbocycles. The highest BCUT2D eigenvalue weighted by Gasteiger charge is 2.52. The van der Waals surface area contributed by atoms with E-state index in [0.29, 0.717) is 6.54 Å². The maximum Gasteiger partial charge on any atom is 0.230 e. The summed E-state index contributed by atoms with van der Waals surface area (Å²) in [6.07, 6.45) is 8.03. The Balaban J connectivity index is 0.000000235. The van der Waals surface area contributed by atoms with Gasteiger partial charge in [0, 0.05) is 29.3 Å². The Morgan fingerprint density at radius 2 is 1.27 bits per heavy atom. The van der Waals surface area contributed by atoms with Crippen molar-refractivity contribution < 1.29 is 9.59 Å². The van der Waals surface area contributed by atoms with E-state index in [0.717, 1.165) is 75.6 Å². The molecule has 0 aliphatic heterocycles. The molecule has 3 fully saturated rings. The fraction of sp³-hybridized carbons (Fsp3) is 0.481. The molecule has 2 aromatic carbocycles. The van der Waals surface area contributed by atoms with E-state index in [9.17, 15) is 9.59 Å². The molecule has 2 aromatic rings. The molecule has 1 amide bonds. The molecule has 33 heavy (non-hydrogen) atoms. The van der Waals surface area contributed by atoms with Gasteiger partial charge in [-0.25, -0.2) is 0 Å². The highest BCUT2D eigenvalue weighted by Crippen LogP contribution is 2.56. The summed E-state index contributed by atoms with van der Waals surface area (Å²) in [5.41, 5.74) is 15.0. The Morgan fingerprint density at radius 1 is 0.818 bits per heavy atom. The highest BCUT2D eigenvalue weighted by molar-refractivity contribution is 5.95. The van der Waals surface area contributed by atoms with E-state index in [1.54, 1.807) is 0 Å². The van der Waals surface area contributed by atoms with E-state index in [2.05, 4.69) is 34.9 Å². The lowest BCUT2D eigenvalue weighted by molar-refractivity contribution is -0.139. The van der Waals surface area contributed by atoms with Crippen molar-refractivity contribution in [2.24, 2.45) is 22.3 Å². The number of amides is 1. The lowest BCUT2D eigenvalue weighted by atomic mass is 9.54. The molecule has 0 radical (unpaired) electrons. The Kier molecular flexibility index (Phi) is 8.64. The SMILES string of the molecule is CNc1ccc(CCN)cc1.NCCc1ccc(NC(=O)C23CCC(C=O)(CC2)CC3)cc1. The summed E-state index contributed by atoms with van der Waals surface area (Å²) in [5.74, 6) is 0.123. The number of anilines is 2. The van der Waals surface area contributed by atoms with Gasteiger partial charge in [-0.1, -0.05) is 24.3 Å². The molecule has 0 saturated heterocycles. The van der Waals surface area contributed by atoms with Gasteiger partial charge in [0.1, 0.15) is 6.29 Å². The van der Waals surface area contributed by atoms with E-state index in [4.69, 9.17) is 11.5 Å². The van der Waals surface area contributed by atoms with E-state index in [1.807, 2.05) is 31.3 Å².